The summed E-state index contributed by atoms with van der Waals surface area (Å²) in [5.41, 5.74) is 3.94. The molecule has 0 radical (unpaired) electrons. The molecule has 1 heterocycles. The molecule has 1 amide bonds. The van der Waals surface area contributed by atoms with Gasteiger partial charge in [0.1, 0.15) is 5.75 Å². The van der Waals surface area contributed by atoms with Crippen LogP contribution in [0.4, 0.5) is 5.13 Å². The highest BCUT2D eigenvalue weighted by Crippen LogP contribution is 2.32. The highest BCUT2D eigenvalue weighted by molar-refractivity contribution is 7.22. The summed E-state index contributed by atoms with van der Waals surface area (Å²) in [4.78, 5) is 21.9. The van der Waals surface area contributed by atoms with E-state index >= 15 is 0 Å². The van der Waals surface area contributed by atoms with E-state index in [-0.39, 0.29) is 5.91 Å². The molecule has 3 aromatic rings. The maximum atomic E-state index is 13.2. The van der Waals surface area contributed by atoms with Crippen LogP contribution in [0.15, 0.2) is 36.4 Å². The first-order valence-electron chi connectivity index (χ1n) is 8.87. The van der Waals surface area contributed by atoms with E-state index in [9.17, 15) is 4.79 Å². The van der Waals surface area contributed by atoms with Crippen molar-refractivity contribution in [3.63, 3.8) is 0 Å². The maximum Gasteiger partial charge on any atom is 0.260 e. The number of hydrogen-bond acceptors (Lipinski definition) is 5. The Kier molecular flexibility index (Phi) is 5.77. The van der Waals surface area contributed by atoms with Crippen molar-refractivity contribution in [1.29, 1.82) is 0 Å². The van der Waals surface area contributed by atoms with Gasteiger partial charge in [-0.25, -0.2) is 4.98 Å². The first kappa shape index (κ1) is 19.3. The van der Waals surface area contributed by atoms with E-state index in [4.69, 9.17) is 9.72 Å². The zero-order valence-corrected chi connectivity index (χ0v) is 17.3. The van der Waals surface area contributed by atoms with Gasteiger partial charge in [0.05, 0.1) is 17.3 Å². The van der Waals surface area contributed by atoms with Gasteiger partial charge in [0.2, 0.25) is 0 Å². The third-order valence-electron chi connectivity index (χ3n) is 4.40. The smallest absolute Gasteiger partial charge is 0.260 e. The molecule has 0 saturated heterocycles. The minimum Gasteiger partial charge on any atom is -0.497 e. The third-order valence-corrected chi connectivity index (χ3v) is 5.43. The highest BCUT2D eigenvalue weighted by Gasteiger charge is 2.22. The summed E-state index contributed by atoms with van der Waals surface area (Å²) in [6.45, 7) is 5.48. The number of aromatic nitrogens is 1. The van der Waals surface area contributed by atoms with Crippen LogP contribution >= 0.6 is 11.3 Å². The largest absolute Gasteiger partial charge is 0.497 e. The Bertz CT molecular complexity index is 948. The van der Waals surface area contributed by atoms with Crippen molar-refractivity contribution in [3.05, 3.63) is 53.1 Å². The molecule has 0 fully saturated rings. The lowest BCUT2D eigenvalue weighted by molar-refractivity contribution is 0.0985. The minimum atomic E-state index is -0.0482. The van der Waals surface area contributed by atoms with Crippen LogP contribution in [0.25, 0.3) is 10.2 Å². The lowest BCUT2D eigenvalue weighted by Crippen LogP contribution is -2.36. The summed E-state index contributed by atoms with van der Waals surface area (Å²) in [6.07, 6.45) is 0. The van der Waals surface area contributed by atoms with E-state index in [2.05, 4.69) is 30.9 Å². The number of carbonyl (C=O) groups excluding carboxylic acids is 1. The average molecular weight is 384 g/mol. The molecule has 5 nitrogen and oxygen atoms in total. The van der Waals surface area contributed by atoms with Gasteiger partial charge in [0.25, 0.3) is 5.91 Å². The van der Waals surface area contributed by atoms with Gasteiger partial charge in [-0.3, -0.25) is 9.69 Å². The Hall–Kier alpha value is -2.44. The average Bonchev–Trinajstić information content (AvgIpc) is 3.05. The topological polar surface area (TPSA) is 45.7 Å². The van der Waals surface area contributed by atoms with Crippen molar-refractivity contribution >= 4 is 32.6 Å². The molecule has 0 bridgehead atoms. The van der Waals surface area contributed by atoms with E-state index in [1.165, 1.54) is 5.56 Å². The summed E-state index contributed by atoms with van der Waals surface area (Å²) in [5.74, 6) is 0.686. The maximum absolute atomic E-state index is 13.2. The summed E-state index contributed by atoms with van der Waals surface area (Å²) in [7, 11) is 5.62. The molecule has 2 aromatic carbocycles. The Morgan fingerprint density at radius 1 is 1.11 bits per heavy atom. The SMILES string of the molecule is COc1ccc(C(=O)N(CCN(C)C)c2nc3c(C)cc(C)cc3s2)cc1. The second-order valence-corrected chi connectivity index (χ2v) is 7.92. The molecule has 0 aliphatic rings. The third kappa shape index (κ3) is 4.28. The van der Waals surface area contributed by atoms with Gasteiger partial charge in [0, 0.05) is 18.7 Å². The molecule has 27 heavy (non-hydrogen) atoms. The van der Waals surface area contributed by atoms with Crippen molar-refractivity contribution in [2.75, 3.05) is 39.2 Å². The summed E-state index contributed by atoms with van der Waals surface area (Å²) in [6, 6.07) is 11.5. The molecule has 6 heteroatoms. The minimum absolute atomic E-state index is 0.0482. The highest BCUT2D eigenvalue weighted by atomic mass is 32.1. The molecule has 1 aromatic heterocycles. The van der Waals surface area contributed by atoms with Crippen LogP contribution in [0.1, 0.15) is 21.5 Å². The number of methoxy groups -OCH3 is 1. The first-order chi connectivity index (χ1) is 12.9. The number of rotatable bonds is 6. The number of likely N-dealkylation sites (N-methyl/N-ethyl adjacent to an activating group) is 1. The molecular formula is C21H25N3O2S. The van der Waals surface area contributed by atoms with E-state index < -0.39 is 0 Å². The fraction of sp³-hybridized carbons (Fsp3) is 0.333. The lowest BCUT2D eigenvalue weighted by atomic mass is 10.1. The molecule has 0 aliphatic heterocycles. The van der Waals surface area contributed by atoms with Crippen molar-refractivity contribution in [2.45, 2.75) is 13.8 Å². The molecule has 142 valence electrons. The quantitative estimate of drug-likeness (QED) is 0.642. The molecule has 0 aliphatic carbocycles. The molecular weight excluding hydrogens is 358 g/mol. The van der Waals surface area contributed by atoms with Crippen LogP contribution < -0.4 is 9.64 Å². The normalized spacial score (nSPS) is 11.2. The van der Waals surface area contributed by atoms with Crippen LogP contribution in [0.5, 0.6) is 5.75 Å². The van der Waals surface area contributed by atoms with E-state index in [1.54, 1.807) is 35.5 Å². The summed E-state index contributed by atoms with van der Waals surface area (Å²) < 4.78 is 6.31. The van der Waals surface area contributed by atoms with Crippen LogP contribution in [0.2, 0.25) is 0 Å². The number of thiazole rings is 1. The Morgan fingerprint density at radius 2 is 1.81 bits per heavy atom. The number of carbonyl (C=O) groups is 1. The zero-order chi connectivity index (χ0) is 19.6. The predicted molar refractivity (Wildman–Crippen MR) is 112 cm³/mol. The predicted octanol–water partition coefficient (Wildman–Crippen LogP) is 4.13. The number of nitrogens with zero attached hydrogens (tertiary/aromatic N) is 3. The molecule has 0 unspecified atom stereocenters. The monoisotopic (exact) mass is 383 g/mol. The number of hydrogen-bond donors (Lipinski definition) is 0. The number of amides is 1. The fourth-order valence-corrected chi connectivity index (χ4v) is 4.11. The summed E-state index contributed by atoms with van der Waals surface area (Å²) in [5, 5.41) is 0.737. The number of aryl methyl sites for hydroxylation is 2. The Labute approximate surface area is 164 Å². The van der Waals surface area contributed by atoms with Gasteiger partial charge < -0.3 is 9.64 Å². The fourth-order valence-electron chi connectivity index (χ4n) is 2.95. The van der Waals surface area contributed by atoms with Gasteiger partial charge >= 0.3 is 0 Å². The van der Waals surface area contributed by atoms with Gasteiger partial charge in [-0.15, -0.1) is 0 Å². The number of benzene rings is 2. The molecule has 0 atom stereocenters. The zero-order valence-electron chi connectivity index (χ0n) is 16.4. The van der Waals surface area contributed by atoms with Crippen LogP contribution in [-0.2, 0) is 0 Å². The van der Waals surface area contributed by atoms with Gasteiger partial charge in [-0.2, -0.15) is 0 Å². The number of fused-ring (bicyclic) bond motifs is 1. The lowest BCUT2D eigenvalue weighted by Gasteiger charge is -2.22. The van der Waals surface area contributed by atoms with E-state index in [0.29, 0.717) is 12.1 Å². The van der Waals surface area contributed by atoms with Crippen molar-refractivity contribution in [2.24, 2.45) is 0 Å². The Balaban J connectivity index is 1.99. The second kappa shape index (κ2) is 8.06. The van der Waals surface area contributed by atoms with Crippen LogP contribution in [0, 0.1) is 13.8 Å². The molecule has 0 spiro atoms. The van der Waals surface area contributed by atoms with E-state index in [0.717, 1.165) is 33.2 Å². The van der Waals surface area contributed by atoms with Crippen molar-refractivity contribution < 1.29 is 9.53 Å². The molecule has 3 rings (SSSR count). The van der Waals surface area contributed by atoms with E-state index in [1.807, 2.05) is 26.2 Å². The Morgan fingerprint density at radius 3 is 2.44 bits per heavy atom. The van der Waals surface area contributed by atoms with Crippen LogP contribution in [-0.4, -0.2) is 50.1 Å². The number of ether oxygens (including phenoxy) is 1. The first-order valence-corrected chi connectivity index (χ1v) is 9.69. The van der Waals surface area contributed by atoms with Crippen molar-refractivity contribution in [1.82, 2.24) is 9.88 Å². The van der Waals surface area contributed by atoms with Gasteiger partial charge in [-0.1, -0.05) is 17.4 Å². The second-order valence-electron chi connectivity index (χ2n) is 6.91. The molecule has 0 saturated carbocycles. The number of anilines is 1. The summed E-state index contributed by atoms with van der Waals surface area (Å²) >= 11 is 1.57. The van der Waals surface area contributed by atoms with Crippen LogP contribution in [0.3, 0.4) is 0 Å². The molecule has 0 N–H and O–H groups in total. The van der Waals surface area contributed by atoms with Crippen molar-refractivity contribution in [3.8, 4) is 5.75 Å². The van der Waals surface area contributed by atoms with Gasteiger partial charge in [0.15, 0.2) is 5.13 Å². The standard InChI is InChI=1S/C21H25N3O2S/c1-14-12-15(2)19-18(13-14)27-21(22-19)24(11-10-23(3)4)20(25)16-6-8-17(26-5)9-7-16/h6-9,12-13H,10-11H2,1-5H3. The van der Waals surface area contributed by atoms with Gasteiger partial charge in [-0.05, 0) is 69.4 Å².